The number of hydrogen-bond donors (Lipinski definition) is 1. The molecule has 0 fully saturated rings. The first-order valence-corrected chi connectivity index (χ1v) is 9.60. The molecule has 0 heterocycles. The fourth-order valence-electron chi connectivity index (χ4n) is 2.86. The highest BCUT2D eigenvalue weighted by Gasteiger charge is 2.29. The molecule has 27 heavy (non-hydrogen) atoms. The predicted octanol–water partition coefficient (Wildman–Crippen LogP) is 4.59. The average Bonchev–Trinajstić information content (AvgIpc) is 2.63. The summed E-state index contributed by atoms with van der Waals surface area (Å²) in [6.45, 7) is 6.65. The Bertz CT molecular complexity index is 745. The largest absolute Gasteiger partial charge is 0.354 e. The van der Waals surface area contributed by atoms with Crippen LogP contribution in [-0.2, 0) is 16.1 Å². The highest BCUT2D eigenvalue weighted by Crippen LogP contribution is 2.24. The summed E-state index contributed by atoms with van der Waals surface area (Å²) in [5.74, 6) is 0.183. The smallest absolute Gasteiger partial charge is 0.247 e. The number of rotatable bonds is 8. The van der Waals surface area contributed by atoms with Crippen LogP contribution in [0.5, 0.6) is 0 Å². The Balaban J connectivity index is 2.28. The highest BCUT2D eigenvalue weighted by molar-refractivity contribution is 6.30. The summed E-state index contributed by atoms with van der Waals surface area (Å²) < 4.78 is 0. The normalized spacial score (nSPS) is 11.9. The summed E-state index contributed by atoms with van der Waals surface area (Å²) in [5, 5.41) is 3.63. The Kier molecular flexibility index (Phi) is 7.86. The third-order valence-corrected chi connectivity index (χ3v) is 4.62. The fraction of sp³-hybridized carbons (Fsp3) is 0.364. The lowest BCUT2D eigenvalue weighted by Crippen LogP contribution is -2.43. The number of nitrogens with one attached hydrogen (secondary N) is 1. The number of amides is 2. The molecule has 0 aliphatic carbocycles. The summed E-state index contributed by atoms with van der Waals surface area (Å²) >= 11 is 5.96. The molecule has 2 aromatic rings. The third kappa shape index (κ3) is 6.40. The second-order valence-corrected chi connectivity index (χ2v) is 7.50. The number of nitrogens with zero attached hydrogens (tertiary/aromatic N) is 1. The minimum atomic E-state index is -0.674. The first-order valence-electron chi connectivity index (χ1n) is 9.22. The molecule has 0 aromatic heterocycles. The standard InChI is InChI=1S/C22H27ClN2O2/c1-16(2)13-14-24-22(27)21(19-7-5-4-6-8-19)25(17(3)26)15-18-9-11-20(23)12-10-18/h4-12,16,21H,13-15H2,1-3H3,(H,24,27)/t21-/m0/s1. The van der Waals surface area contributed by atoms with Crippen LogP contribution in [0.1, 0.15) is 44.4 Å². The summed E-state index contributed by atoms with van der Waals surface area (Å²) in [4.78, 5) is 27.0. The van der Waals surface area contributed by atoms with Gasteiger partial charge in [0.2, 0.25) is 11.8 Å². The van der Waals surface area contributed by atoms with E-state index in [-0.39, 0.29) is 11.8 Å². The maximum Gasteiger partial charge on any atom is 0.247 e. The van der Waals surface area contributed by atoms with Crippen LogP contribution < -0.4 is 5.32 Å². The molecule has 5 heteroatoms. The Hall–Kier alpha value is -2.33. The van der Waals surface area contributed by atoms with Crippen molar-refractivity contribution in [1.29, 1.82) is 0 Å². The molecule has 2 amide bonds. The van der Waals surface area contributed by atoms with E-state index in [1.807, 2.05) is 42.5 Å². The molecule has 144 valence electrons. The van der Waals surface area contributed by atoms with Crippen LogP contribution in [0, 0.1) is 5.92 Å². The average molecular weight is 387 g/mol. The molecule has 0 aliphatic rings. The van der Waals surface area contributed by atoms with E-state index < -0.39 is 6.04 Å². The molecule has 1 N–H and O–H groups in total. The summed E-state index contributed by atoms with van der Waals surface area (Å²) in [7, 11) is 0. The van der Waals surface area contributed by atoms with Crippen molar-refractivity contribution in [2.45, 2.75) is 39.8 Å². The van der Waals surface area contributed by atoms with E-state index in [1.165, 1.54) is 6.92 Å². The van der Waals surface area contributed by atoms with Gasteiger partial charge in [-0.3, -0.25) is 9.59 Å². The van der Waals surface area contributed by atoms with Crippen LogP contribution >= 0.6 is 11.6 Å². The van der Waals surface area contributed by atoms with Crippen LogP contribution in [0.4, 0.5) is 0 Å². The second kappa shape index (κ2) is 10.1. The Labute approximate surface area is 166 Å². The van der Waals surface area contributed by atoms with Crippen molar-refractivity contribution in [3.05, 3.63) is 70.7 Å². The van der Waals surface area contributed by atoms with Crippen LogP contribution in [-0.4, -0.2) is 23.3 Å². The molecule has 0 radical (unpaired) electrons. The fourth-order valence-corrected chi connectivity index (χ4v) is 2.99. The van der Waals surface area contributed by atoms with Gasteiger partial charge in [-0.15, -0.1) is 0 Å². The maximum absolute atomic E-state index is 13.0. The molecule has 2 rings (SSSR count). The van der Waals surface area contributed by atoms with Gasteiger partial charge in [0, 0.05) is 25.0 Å². The lowest BCUT2D eigenvalue weighted by atomic mass is 10.0. The summed E-state index contributed by atoms with van der Waals surface area (Å²) in [6, 6.07) is 16.1. The van der Waals surface area contributed by atoms with E-state index in [9.17, 15) is 9.59 Å². The second-order valence-electron chi connectivity index (χ2n) is 7.06. The maximum atomic E-state index is 13.0. The summed E-state index contributed by atoms with van der Waals surface area (Å²) in [6.07, 6.45) is 0.893. The van der Waals surface area contributed by atoms with E-state index in [2.05, 4.69) is 19.2 Å². The number of hydrogen-bond acceptors (Lipinski definition) is 2. The molecule has 0 saturated carbocycles. The molecule has 0 aliphatic heterocycles. The molecule has 1 atom stereocenters. The van der Waals surface area contributed by atoms with E-state index >= 15 is 0 Å². The van der Waals surface area contributed by atoms with Crippen LogP contribution in [0.3, 0.4) is 0 Å². The van der Waals surface area contributed by atoms with E-state index in [1.54, 1.807) is 17.0 Å². The van der Waals surface area contributed by atoms with Gasteiger partial charge in [-0.25, -0.2) is 0 Å². The predicted molar refractivity (Wildman–Crippen MR) is 109 cm³/mol. The van der Waals surface area contributed by atoms with E-state index in [0.29, 0.717) is 24.0 Å². The van der Waals surface area contributed by atoms with Crippen LogP contribution in [0.2, 0.25) is 5.02 Å². The number of halogens is 1. The van der Waals surface area contributed by atoms with Gasteiger partial charge in [-0.1, -0.05) is 67.9 Å². The Morgan fingerprint density at radius 1 is 1.04 bits per heavy atom. The van der Waals surface area contributed by atoms with E-state index in [4.69, 9.17) is 11.6 Å². The first-order chi connectivity index (χ1) is 12.9. The minimum Gasteiger partial charge on any atom is -0.354 e. The van der Waals surface area contributed by atoms with Gasteiger partial charge < -0.3 is 10.2 Å². The number of carbonyl (C=O) groups is 2. The van der Waals surface area contributed by atoms with Gasteiger partial charge in [-0.05, 0) is 35.6 Å². The molecule has 0 spiro atoms. The minimum absolute atomic E-state index is 0.155. The van der Waals surface area contributed by atoms with Crippen molar-refractivity contribution in [3.63, 3.8) is 0 Å². The van der Waals surface area contributed by atoms with Crippen molar-refractivity contribution < 1.29 is 9.59 Å². The lowest BCUT2D eigenvalue weighted by molar-refractivity contribution is -0.140. The van der Waals surface area contributed by atoms with Gasteiger partial charge in [0.25, 0.3) is 0 Å². The monoisotopic (exact) mass is 386 g/mol. The van der Waals surface area contributed by atoms with E-state index in [0.717, 1.165) is 17.5 Å². The zero-order valence-corrected chi connectivity index (χ0v) is 16.9. The Morgan fingerprint density at radius 3 is 2.22 bits per heavy atom. The quantitative estimate of drug-likeness (QED) is 0.721. The summed E-state index contributed by atoms with van der Waals surface area (Å²) in [5.41, 5.74) is 1.72. The third-order valence-electron chi connectivity index (χ3n) is 4.37. The molecule has 4 nitrogen and oxygen atoms in total. The molecule has 2 aromatic carbocycles. The van der Waals surface area contributed by atoms with Gasteiger partial charge in [0.15, 0.2) is 0 Å². The van der Waals surface area contributed by atoms with Crippen LogP contribution in [0.25, 0.3) is 0 Å². The zero-order valence-electron chi connectivity index (χ0n) is 16.1. The molecule has 0 bridgehead atoms. The van der Waals surface area contributed by atoms with Crippen molar-refractivity contribution in [2.24, 2.45) is 5.92 Å². The zero-order chi connectivity index (χ0) is 19.8. The number of carbonyl (C=O) groups excluding carboxylic acids is 2. The lowest BCUT2D eigenvalue weighted by Gasteiger charge is -2.30. The Morgan fingerprint density at radius 2 is 1.67 bits per heavy atom. The molecule has 0 saturated heterocycles. The topological polar surface area (TPSA) is 49.4 Å². The highest BCUT2D eigenvalue weighted by atomic mass is 35.5. The molecular weight excluding hydrogens is 360 g/mol. The van der Waals surface area contributed by atoms with Gasteiger partial charge in [-0.2, -0.15) is 0 Å². The van der Waals surface area contributed by atoms with Crippen molar-refractivity contribution in [2.75, 3.05) is 6.54 Å². The molecular formula is C22H27ClN2O2. The van der Waals surface area contributed by atoms with Gasteiger partial charge in [0.1, 0.15) is 6.04 Å². The van der Waals surface area contributed by atoms with Gasteiger partial charge >= 0.3 is 0 Å². The first kappa shape index (κ1) is 21.0. The van der Waals surface area contributed by atoms with Gasteiger partial charge in [0.05, 0.1) is 0 Å². The van der Waals surface area contributed by atoms with Crippen molar-refractivity contribution in [1.82, 2.24) is 10.2 Å². The molecule has 0 unspecified atom stereocenters. The van der Waals surface area contributed by atoms with Crippen molar-refractivity contribution >= 4 is 23.4 Å². The SMILES string of the molecule is CC(=O)N(Cc1ccc(Cl)cc1)[C@H](C(=O)NCCC(C)C)c1ccccc1. The number of benzene rings is 2. The van der Waals surface area contributed by atoms with Crippen LogP contribution in [0.15, 0.2) is 54.6 Å². The van der Waals surface area contributed by atoms with Crippen molar-refractivity contribution in [3.8, 4) is 0 Å².